The Balaban J connectivity index is 1.32. The molecule has 4 amide bonds. The Morgan fingerprint density at radius 3 is 2.70 bits per heavy atom. The van der Waals surface area contributed by atoms with E-state index in [9.17, 15) is 19.2 Å². The summed E-state index contributed by atoms with van der Waals surface area (Å²) in [5, 5.41) is 5.48. The lowest BCUT2D eigenvalue weighted by atomic mass is 10.1. The standard InChI is InChI=1S/C21H18BrN3O5/c1-11-19(27)24-16-10-13(5-7-17(16)30-11)23-18(26)3-2-8-25-20(28)14-6-4-12(22)9-15(14)21(25)29/h4-7,9-11H,2-3,8H2,1H3,(H,23,26)(H,24,27). The van der Waals surface area contributed by atoms with Crippen LogP contribution in [0.3, 0.4) is 0 Å². The van der Waals surface area contributed by atoms with Crippen LogP contribution in [0.4, 0.5) is 11.4 Å². The van der Waals surface area contributed by atoms with Crippen molar-refractivity contribution in [3.8, 4) is 5.75 Å². The fourth-order valence-electron chi connectivity index (χ4n) is 3.37. The molecule has 0 spiro atoms. The highest BCUT2D eigenvalue weighted by molar-refractivity contribution is 9.10. The summed E-state index contributed by atoms with van der Waals surface area (Å²) in [7, 11) is 0. The van der Waals surface area contributed by atoms with Crippen molar-refractivity contribution in [1.29, 1.82) is 0 Å². The molecule has 0 aliphatic carbocycles. The van der Waals surface area contributed by atoms with Gasteiger partial charge in [-0.25, -0.2) is 0 Å². The van der Waals surface area contributed by atoms with Crippen molar-refractivity contribution in [1.82, 2.24) is 4.90 Å². The van der Waals surface area contributed by atoms with Crippen LogP contribution in [0.15, 0.2) is 40.9 Å². The van der Waals surface area contributed by atoms with Crippen LogP contribution >= 0.6 is 15.9 Å². The van der Waals surface area contributed by atoms with Crippen molar-refractivity contribution in [2.75, 3.05) is 17.2 Å². The molecular weight excluding hydrogens is 454 g/mol. The molecule has 4 rings (SSSR count). The van der Waals surface area contributed by atoms with Crippen molar-refractivity contribution in [3.63, 3.8) is 0 Å². The van der Waals surface area contributed by atoms with Crippen molar-refractivity contribution in [2.45, 2.75) is 25.9 Å². The minimum Gasteiger partial charge on any atom is -0.479 e. The molecule has 0 bridgehead atoms. The van der Waals surface area contributed by atoms with E-state index >= 15 is 0 Å². The molecule has 8 nitrogen and oxygen atoms in total. The van der Waals surface area contributed by atoms with Crippen LogP contribution in [-0.4, -0.2) is 41.2 Å². The van der Waals surface area contributed by atoms with Crippen LogP contribution in [0.1, 0.15) is 40.5 Å². The lowest BCUT2D eigenvalue weighted by molar-refractivity contribution is -0.122. The van der Waals surface area contributed by atoms with Gasteiger partial charge in [-0.3, -0.25) is 24.1 Å². The van der Waals surface area contributed by atoms with Crippen molar-refractivity contribution < 1.29 is 23.9 Å². The number of carbonyl (C=O) groups excluding carboxylic acids is 4. The largest absolute Gasteiger partial charge is 0.479 e. The van der Waals surface area contributed by atoms with Gasteiger partial charge in [-0.05, 0) is 49.7 Å². The summed E-state index contributed by atoms with van der Waals surface area (Å²) in [5.41, 5.74) is 1.75. The average molecular weight is 472 g/mol. The molecule has 2 heterocycles. The first-order chi connectivity index (χ1) is 14.3. The summed E-state index contributed by atoms with van der Waals surface area (Å²) in [6.07, 6.45) is -0.101. The Morgan fingerprint density at radius 2 is 1.90 bits per heavy atom. The first-order valence-electron chi connectivity index (χ1n) is 9.40. The maximum atomic E-state index is 12.4. The van der Waals surface area contributed by atoms with Gasteiger partial charge in [0.2, 0.25) is 5.91 Å². The number of fused-ring (bicyclic) bond motifs is 2. The summed E-state index contributed by atoms with van der Waals surface area (Å²) >= 11 is 3.30. The molecule has 0 aromatic heterocycles. The molecule has 0 saturated heterocycles. The molecule has 0 saturated carbocycles. The average Bonchev–Trinajstić information content (AvgIpc) is 2.93. The number of rotatable bonds is 5. The Hall–Kier alpha value is -3.20. The molecule has 30 heavy (non-hydrogen) atoms. The lowest BCUT2D eigenvalue weighted by Gasteiger charge is -2.23. The number of anilines is 2. The summed E-state index contributed by atoms with van der Waals surface area (Å²) in [5.74, 6) is -0.666. The highest BCUT2D eigenvalue weighted by atomic mass is 79.9. The zero-order chi connectivity index (χ0) is 21.4. The molecule has 1 unspecified atom stereocenters. The lowest BCUT2D eigenvalue weighted by Crippen LogP contribution is -2.34. The summed E-state index contributed by atoms with van der Waals surface area (Å²) in [6, 6.07) is 9.95. The van der Waals surface area contributed by atoms with Crippen molar-refractivity contribution in [3.05, 3.63) is 52.0 Å². The molecule has 2 aromatic rings. The van der Waals surface area contributed by atoms with Gasteiger partial charge in [-0.1, -0.05) is 15.9 Å². The Morgan fingerprint density at radius 1 is 1.13 bits per heavy atom. The first-order valence-corrected chi connectivity index (χ1v) is 10.2. The van der Waals surface area contributed by atoms with E-state index in [1.165, 1.54) is 0 Å². The molecule has 2 aliphatic heterocycles. The zero-order valence-electron chi connectivity index (χ0n) is 16.0. The predicted octanol–water partition coefficient (Wildman–Crippen LogP) is 3.18. The third-order valence-electron chi connectivity index (χ3n) is 4.91. The minimum absolute atomic E-state index is 0.133. The second kappa shape index (κ2) is 7.91. The minimum atomic E-state index is -0.568. The number of benzene rings is 2. The third-order valence-corrected chi connectivity index (χ3v) is 5.41. The molecule has 2 N–H and O–H groups in total. The van der Waals surface area contributed by atoms with E-state index < -0.39 is 6.10 Å². The molecule has 0 radical (unpaired) electrons. The zero-order valence-corrected chi connectivity index (χ0v) is 17.6. The normalized spacial score (nSPS) is 17.2. The number of hydrogen-bond donors (Lipinski definition) is 2. The topological polar surface area (TPSA) is 105 Å². The number of halogens is 1. The quantitative estimate of drug-likeness (QED) is 0.651. The smallest absolute Gasteiger partial charge is 0.265 e. The van der Waals surface area contributed by atoms with Crippen LogP contribution in [0.5, 0.6) is 5.75 Å². The van der Waals surface area contributed by atoms with Gasteiger partial charge in [0.1, 0.15) is 5.75 Å². The Labute approximate surface area is 180 Å². The fraction of sp³-hybridized carbons (Fsp3) is 0.238. The van der Waals surface area contributed by atoms with Gasteiger partial charge < -0.3 is 15.4 Å². The SMILES string of the molecule is CC1Oc2ccc(NC(=O)CCCN3C(=O)c4ccc(Br)cc4C3=O)cc2NC1=O. The Kier molecular flexibility index (Phi) is 5.29. The van der Waals surface area contributed by atoms with Gasteiger partial charge in [0.25, 0.3) is 17.7 Å². The van der Waals surface area contributed by atoms with Crippen LogP contribution in [0.2, 0.25) is 0 Å². The molecule has 2 aliphatic rings. The number of nitrogens with one attached hydrogen (secondary N) is 2. The monoisotopic (exact) mass is 471 g/mol. The number of imide groups is 1. The highest BCUT2D eigenvalue weighted by Crippen LogP contribution is 2.32. The maximum absolute atomic E-state index is 12.4. The number of hydrogen-bond acceptors (Lipinski definition) is 5. The fourth-order valence-corrected chi connectivity index (χ4v) is 3.73. The van der Waals surface area contributed by atoms with E-state index in [0.717, 1.165) is 9.37 Å². The van der Waals surface area contributed by atoms with Gasteiger partial charge >= 0.3 is 0 Å². The van der Waals surface area contributed by atoms with Crippen molar-refractivity contribution in [2.24, 2.45) is 0 Å². The molecule has 1 atom stereocenters. The second-order valence-electron chi connectivity index (χ2n) is 7.06. The first kappa shape index (κ1) is 20.1. The van der Waals surface area contributed by atoms with E-state index in [-0.39, 0.29) is 36.6 Å². The van der Waals surface area contributed by atoms with E-state index in [2.05, 4.69) is 26.6 Å². The highest BCUT2D eigenvalue weighted by Gasteiger charge is 2.35. The van der Waals surface area contributed by atoms with E-state index in [1.807, 2.05) is 0 Å². The number of amides is 4. The van der Waals surface area contributed by atoms with Gasteiger partial charge in [-0.2, -0.15) is 0 Å². The molecule has 2 aromatic carbocycles. The van der Waals surface area contributed by atoms with Gasteiger partial charge in [0, 0.05) is 23.1 Å². The number of ether oxygens (including phenoxy) is 1. The maximum Gasteiger partial charge on any atom is 0.265 e. The van der Waals surface area contributed by atoms with E-state index in [4.69, 9.17) is 4.74 Å². The molecule has 154 valence electrons. The molecule has 0 fully saturated rings. The Bertz CT molecular complexity index is 1080. The third kappa shape index (κ3) is 3.80. The summed E-state index contributed by atoms with van der Waals surface area (Å²) < 4.78 is 6.21. The number of carbonyl (C=O) groups is 4. The van der Waals surface area contributed by atoms with Gasteiger partial charge in [-0.15, -0.1) is 0 Å². The second-order valence-corrected chi connectivity index (χ2v) is 7.98. The summed E-state index contributed by atoms with van der Waals surface area (Å²) in [6.45, 7) is 1.81. The predicted molar refractivity (Wildman–Crippen MR) is 113 cm³/mol. The van der Waals surface area contributed by atoms with Crippen LogP contribution in [0.25, 0.3) is 0 Å². The van der Waals surface area contributed by atoms with Crippen LogP contribution in [-0.2, 0) is 9.59 Å². The molecule has 9 heteroatoms. The number of nitrogens with zero attached hydrogens (tertiary/aromatic N) is 1. The van der Waals surface area contributed by atoms with Gasteiger partial charge in [0.05, 0.1) is 16.8 Å². The van der Waals surface area contributed by atoms with Crippen LogP contribution < -0.4 is 15.4 Å². The van der Waals surface area contributed by atoms with Crippen LogP contribution in [0, 0.1) is 0 Å². The molecular formula is C21H18BrN3O5. The summed E-state index contributed by atoms with van der Waals surface area (Å²) in [4.78, 5) is 50.0. The van der Waals surface area contributed by atoms with E-state index in [1.54, 1.807) is 43.3 Å². The van der Waals surface area contributed by atoms with Crippen molar-refractivity contribution >= 4 is 50.9 Å². The van der Waals surface area contributed by atoms with Gasteiger partial charge in [0.15, 0.2) is 6.10 Å². The van der Waals surface area contributed by atoms with E-state index in [0.29, 0.717) is 34.7 Å².